The van der Waals surface area contributed by atoms with Gasteiger partial charge in [0.05, 0.1) is 5.88 Å². The molecule has 5 heteroatoms. The van der Waals surface area contributed by atoms with Crippen molar-refractivity contribution < 1.29 is 9.13 Å². The van der Waals surface area contributed by atoms with Crippen molar-refractivity contribution in [2.45, 2.75) is 18.7 Å². The Balaban J connectivity index is 2.05. The third kappa shape index (κ3) is 3.12. The highest BCUT2D eigenvalue weighted by Crippen LogP contribution is 2.23. The first kappa shape index (κ1) is 13.6. The zero-order valence-electron chi connectivity index (χ0n) is 10.5. The zero-order chi connectivity index (χ0) is 13.0. The molecule has 0 spiro atoms. The molecule has 3 nitrogen and oxygen atoms in total. The van der Waals surface area contributed by atoms with Gasteiger partial charge in [-0.05, 0) is 24.8 Å². The number of alkyl halides is 1. The topological polar surface area (TPSA) is 25.4 Å². The summed E-state index contributed by atoms with van der Waals surface area (Å²) >= 11 is 5.70. The van der Waals surface area contributed by atoms with Crippen LogP contribution in [0.25, 0.3) is 0 Å². The summed E-state index contributed by atoms with van der Waals surface area (Å²) in [6.07, 6.45) is 3.67. The summed E-state index contributed by atoms with van der Waals surface area (Å²) < 4.78 is 19.4. The van der Waals surface area contributed by atoms with E-state index in [2.05, 4.69) is 4.98 Å². The summed E-state index contributed by atoms with van der Waals surface area (Å²) in [4.78, 5) is 5.99. The minimum Gasteiger partial charge on any atom is -0.381 e. The maximum atomic E-state index is 14.1. The Kier molecular flexibility index (Phi) is 4.78. The van der Waals surface area contributed by atoms with Crippen LogP contribution in [0.3, 0.4) is 0 Å². The van der Waals surface area contributed by atoms with Crippen molar-refractivity contribution >= 4 is 17.4 Å². The van der Waals surface area contributed by atoms with Gasteiger partial charge in [-0.15, -0.1) is 11.6 Å². The number of rotatable bonds is 4. The summed E-state index contributed by atoms with van der Waals surface area (Å²) in [6, 6.07) is 1.62. The van der Waals surface area contributed by atoms with Gasteiger partial charge in [0.25, 0.3) is 0 Å². The van der Waals surface area contributed by atoms with Crippen LogP contribution in [0.1, 0.15) is 18.4 Å². The summed E-state index contributed by atoms with van der Waals surface area (Å²) in [6.45, 7) is 2.41. The van der Waals surface area contributed by atoms with Crippen LogP contribution in [0.5, 0.6) is 0 Å². The predicted molar refractivity (Wildman–Crippen MR) is 70.6 cm³/mol. The van der Waals surface area contributed by atoms with E-state index in [1.54, 1.807) is 12.3 Å². The van der Waals surface area contributed by atoms with Gasteiger partial charge in [-0.2, -0.15) is 0 Å². The van der Waals surface area contributed by atoms with E-state index in [0.717, 1.165) is 32.6 Å². The largest absolute Gasteiger partial charge is 0.381 e. The Morgan fingerprint density at radius 1 is 1.50 bits per heavy atom. The van der Waals surface area contributed by atoms with Crippen LogP contribution in [-0.2, 0) is 10.6 Å². The van der Waals surface area contributed by atoms with Crippen molar-refractivity contribution in [2.24, 2.45) is 5.92 Å². The molecule has 18 heavy (non-hydrogen) atoms. The molecule has 0 radical (unpaired) electrons. The normalized spacial score (nSPS) is 16.8. The van der Waals surface area contributed by atoms with Gasteiger partial charge in [0.15, 0.2) is 11.6 Å². The van der Waals surface area contributed by atoms with E-state index in [0.29, 0.717) is 17.3 Å². The third-order valence-corrected chi connectivity index (χ3v) is 3.62. The van der Waals surface area contributed by atoms with E-state index >= 15 is 0 Å². The van der Waals surface area contributed by atoms with Crippen molar-refractivity contribution in [3.05, 3.63) is 23.6 Å². The number of aromatic nitrogens is 1. The molecule has 1 aliphatic rings. The SMILES string of the molecule is CN(CC1CCOCC1)c1nccc(CCl)c1F. The molecule has 1 aromatic heterocycles. The third-order valence-electron chi connectivity index (χ3n) is 3.33. The molecule has 0 amide bonds. The molecule has 0 bridgehead atoms. The first-order valence-electron chi connectivity index (χ1n) is 6.20. The second-order valence-corrected chi connectivity index (χ2v) is 4.94. The first-order valence-corrected chi connectivity index (χ1v) is 6.74. The molecule has 0 N–H and O–H groups in total. The van der Waals surface area contributed by atoms with Crippen LogP contribution >= 0.6 is 11.6 Å². The minimum absolute atomic E-state index is 0.173. The van der Waals surface area contributed by atoms with Crippen molar-refractivity contribution in [1.29, 1.82) is 0 Å². The molecule has 1 fully saturated rings. The minimum atomic E-state index is -0.304. The number of hydrogen-bond donors (Lipinski definition) is 0. The van der Waals surface area contributed by atoms with Gasteiger partial charge in [0, 0.05) is 38.6 Å². The van der Waals surface area contributed by atoms with Crippen molar-refractivity contribution in [3.8, 4) is 0 Å². The predicted octanol–water partition coefficient (Wildman–Crippen LogP) is 2.82. The summed E-state index contributed by atoms with van der Waals surface area (Å²) in [5, 5.41) is 0. The van der Waals surface area contributed by atoms with E-state index in [1.165, 1.54) is 0 Å². The number of pyridine rings is 1. The lowest BCUT2D eigenvalue weighted by atomic mass is 10.00. The lowest BCUT2D eigenvalue weighted by Gasteiger charge is -2.28. The van der Waals surface area contributed by atoms with E-state index in [4.69, 9.17) is 16.3 Å². The number of halogens is 2. The highest BCUT2D eigenvalue weighted by molar-refractivity contribution is 6.17. The Bertz CT molecular complexity index is 397. The molecular formula is C13H18ClFN2O. The van der Waals surface area contributed by atoms with E-state index in [9.17, 15) is 4.39 Å². The average Bonchev–Trinajstić information content (AvgIpc) is 2.40. The molecule has 0 aliphatic carbocycles. The zero-order valence-corrected chi connectivity index (χ0v) is 11.3. The van der Waals surface area contributed by atoms with Crippen LogP contribution in [-0.4, -0.2) is 31.8 Å². The lowest BCUT2D eigenvalue weighted by molar-refractivity contribution is 0.0684. The quantitative estimate of drug-likeness (QED) is 0.788. The van der Waals surface area contributed by atoms with Gasteiger partial charge in [0.1, 0.15) is 0 Å². The molecule has 0 unspecified atom stereocenters. The second-order valence-electron chi connectivity index (χ2n) is 4.68. The molecule has 100 valence electrons. The van der Waals surface area contributed by atoms with Gasteiger partial charge >= 0.3 is 0 Å². The number of anilines is 1. The van der Waals surface area contributed by atoms with E-state index in [1.807, 2.05) is 11.9 Å². The molecule has 0 aromatic carbocycles. The standard InChI is InChI=1S/C13H18ClFN2O/c1-17(9-10-3-6-18-7-4-10)13-12(15)11(8-14)2-5-16-13/h2,5,10H,3-4,6-9H2,1H3. The van der Waals surface area contributed by atoms with Gasteiger partial charge in [-0.25, -0.2) is 9.37 Å². The van der Waals surface area contributed by atoms with Gasteiger partial charge in [0.2, 0.25) is 0 Å². The van der Waals surface area contributed by atoms with E-state index in [-0.39, 0.29) is 11.7 Å². The number of nitrogens with zero attached hydrogens (tertiary/aromatic N) is 2. The Hall–Kier alpha value is -0.870. The van der Waals surface area contributed by atoms with Crippen LogP contribution < -0.4 is 4.90 Å². The van der Waals surface area contributed by atoms with Crippen LogP contribution in [0.2, 0.25) is 0 Å². The second kappa shape index (κ2) is 6.34. The highest BCUT2D eigenvalue weighted by atomic mass is 35.5. The van der Waals surface area contributed by atoms with Crippen LogP contribution in [0.4, 0.5) is 10.2 Å². The molecular weight excluding hydrogens is 255 g/mol. The molecule has 0 saturated carbocycles. The van der Waals surface area contributed by atoms with Crippen LogP contribution in [0.15, 0.2) is 12.3 Å². The maximum absolute atomic E-state index is 14.1. The first-order chi connectivity index (χ1) is 8.72. The molecule has 1 aromatic rings. The van der Waals surface area contributed by atoms with Gasteiger partial charge < -0.3 is 9.64 Å². The summed E-state index contributed by atoms with van der Waals surface area (Å²) in [5.74, 6) is 0.804. The molecule has 2 heterocycles. The number of hydrogen-bond acceptors (Lipinski definition) is 3. The smallest absolute Gasteiger partial charge is 0.170 e. The van der Waals surface area contributed by atoms with Crippen molar-refractivity contribution in [1.82, 2.24) is 4.98 Å². The van der Waals surface area contributed by atoms with Gasteiger partial charge in [-0.3, -0.25) is 0 Å². The average molecular weight is 273 g/mol. The fraction of sp³-hybridized carbons (Fsp3) is 0.615. The van der Waals surface area contributed by atoms with E-state index < -0.39 is 0 Å². The molecule has 1 aliphatic heterocycles. The highest BCUT2D eigenvalue weighted by Gasteiger charge is 2.19. The fourth-order valence-corrected chi connectivity index (χ4v) is 2.45. The lowest BCUT2D eigenvalue weighted by Crippen LogP contribution is -2.30. The molecule has 2 rings (SSSR count). The maximum Gasteiger partial charge on any atom is 0.170 e. The number of ether oxygens (including phenoxy) is 1. The monoisotopic (exact) mass is 272 g/mol. The van der Waals surface area contributed by atoms with Crippen molar-refractivity contribution in [2.75, 3.05) is 31.7 Å². The molecule has 1 saturated heterocycles. The summed E-state index contributed by atoms with van der Waals surface area (Å²) in [7, 11) is 1.87. The molecule has 0 atom stereocenters. The van der Waals surface area contributed by atoms with Crippen molar-refractivity contribution in [3.63, 3.8) is 0 Å². The van der Waals surface area contributed by atoms with Crippen LogP contribution in [0, 0.1) is 11.7 Å². The Morgan fingerprint density at radius 3 is 2.89 bits per heavy atom. The Morgan fingerprint density at radius 2 is 2.22 bits per heavy atom. The van der Waals surface area contributed by atoms with Gasteiger partial charge in [-0.1, -0.05) is 0 Å². The fourth-order valence-electron chi connectivity index (χ4n) is 2.24. The Labute approximate surface area is 112 Å². The summed E-state index contributed by atoms with van der Waals surface area (Å²) in [5.41, 5.74) is 0.500.